The fraction of sp³-hybridized carbons (Fsp3) is 0.150. The van der Waals surface area contributed by atoms with Gasteiger partial charge in [0, 0.05) is 22.5 Å². The first kappa shape index (κ1) is 17.6. The van der Waals surface area contributed by atoms with Crippen LogP contribution >= 0.6 is 0 Å². The Kier molecular flexibility index (Phi) is 4.67. The summed E-state index contributed by atoms with van der Waals surface area (Å²) in [4.78, 5) is 23.7. The van der Waals surface area contributed by atoms with E-state index >= 15 is 0 Å². The van der Waals surface area contributed by atoms with Crippen LogP contribution in [-0.4, -0.2) is 30.2 Å². The first-order valence-electron chi connectivity index (χ1n) is 8.51. The molecule has 1 amide bonds. The largest absolute Gasteiger partial charge is 0.463 e. The molecule has 2 heterocycles. The van der Waals surface area contributed by atoms with E-state index in [0.29, 0.717) is 11.4 Å². The highest BCUT2D eigenvalue weighted by Crippen LogP contribution is 2.30. The number of hydrogen-bond acceptors (Lipinski definition) is 7. The maximum atomic E-state index is 12.1. The van der Waals surface area contributed by atoms with Gasteiger partial charge in [0.25, 0.3) is 11.8 Å². The first-order valence-corrected chi connectivity index (χ1v) is 8.51. The number of carbonyl (C=O) groups is 2. The lowest BCUT2D eigenvalue weighted by atomic mass is 10.1. The Labute approximate surface area is 159 Å². The molecule has 0 radical (unpaired) electrons. The fourth-order valence-corrected chi connectivity index (χ4v) is 2.73. The maximum Gasteiger partial charge on any atom is 0.344 e. The normalized spacial score (nSPS) is 10.9. The minimum atomic E-state index is -0.688. The number of fused-ring (bicyclic) bond motifs is 3. The molecule has 2 aromatic carbocycles. The summed E-state index contributed by atoms with van der Waals surface area (Å²) in [5.41, 5.74) is 2.08. The van der Waals surface area contributed by atoms with Gasteiger partial charge in [0.1, 0.15) is 16.9 Å². The average molecular weight is 380 g/mol. The van der Waals surface area contributed by atoms with E-state index in [2.05, 4.69) is 10.5 Å². The van der Waals surface area contributed by atoms with Gasteiger partial charge in [-0.3, -0.25) is 4.79 Å². The third-order valence-corrected chi connectivity index (χ3v) is 3.97. The lowest BCUT2D eigenvalue weighted by Gasteiger charge is -2.07. The van der Waals surface area contributed by atoms with E-state index in [1.807, 2.05) is 30.3 Å². The van der Waals surface area contributed by atoms with Crippen LogP contribution in [0.25, 0.3) is 21.9 Å². The van der Waals surface area contributed by atoms with Crippen LogP contribution in [0.2, 0.25) is 0 Å². The molecule has 8 heteroatoms. The van der Waals surface area contributed by atoms with Crippen molar-refractivity contribution in [3.05, 3.63) is 54.3 Å². The monoisotopic (exact) mass is 380 g/mol. The quantitative estimate of drug-likeness (QED) is 0.511. The summed E-state index contributed by atoms with van der Waals surface area (Å²) < 4.78 is 20.6. The van der Waals surface area contributed by atoms with Crippen LogP contribution in [0.5, 0.6) is 5.88 Å². The van der Waals surface area contributed by atoms with Crippen LogP contribution in [0.4, 0.5) is 5.69 Å². The van der Waals surface area contributed by atoms with Crippen molar-refractivity contribution in [2.24, 2.45) is 0 Å². The Balaban J connectivity index is 1.33. The van der Waals surface area contributed by atoms with Crippen molar-refractivity contribution >= 4 is 39.5 Å². The third kappa shape index (κ3) is 3.80. The van der Waals surface area contributed by atoms with Gasteiger partial charge in [0.2, 0.25) is 0 Å². The molecular weight excluding hydrogens is 364 g/mol. The number of anilines is 1. The van der Waals surface area contributed by atoms with Crippen molar-refractivity contribution in [1.29, 1.82) is 0 Å². The third-order valence-electron chi connectivity index (χ3n) is 3.97. The number of furan rings is 1. The molecule has 0 bridgehead atoms. The van der Waals surface area contributed by atoms with Crippen molar-refractivity contribution in [2.75, 3.05) is 18.5 Å². The van der Waals surface area contributed by atoms with E-state index in [9.17, 15) is 9.59 Å². The number of aryl methyl sites for hydroxylation is 1. The smallest absolute Gasteiger partial charge is 0.344 e. The minimum absolute atomic E-state index is 0.180. The van der Waals surface area contributed by atoms with Crippen LogP contribution in [0.1, 0.15) is 5.76 Å². The number of aromatic nitrogens is 1. The highest BCUT2D eigenvalue weighted by Gasteiger charge is 2.12. The topological polar surface area (TPSA) is 104 Å². The van der Waals surface area contributed by atoms with Crippen molar-refractivity contribution in [3.8, 4) is 5.88 Å². The fourth-order valence-electron chi connectivity index (χ4n) is 2.73. The van der Waals surface area contributed by atoms with Crippen LogP contribution in [0.15, 0.2) is 57.5 Å². The van der Waals surface area contributed by atoms with Gasteiger partial charge in [-0.05, 0) is 36.3 Å². The van der Waals surface area contributed by atoms with Gasteiger partial charge in [-0.2, -0.15) is 0 Å². The summed E-state index contributed by atoms with van der Waals surface area (Å²) in [7, 11) is 0. The summed E-state index contributed by atoms with van der Waals surface area (Å²) in [5, 5.41) is 8.13. The lowest BCUT2D eigenvalue weighted by Crippen LogP contribution is -2.23. The second-order valence-corrected chi connectivity index (χ2v) is 6.08. The summed E-state index contributed by atoms with van der Waals surface area (Å²) in [5.74, 6) is -0.408. The van der Waals surface area contributed by atoms with Crippen molar-refractivity contribution in [3.63, 3.8) is 0 Å². The molecular formula is C20H16N2O6. The van der Waals surface area contributed by atoms with Gasteiger partial charge in [0.15, 0.2) is 13.2 Å². The van der Waals surface area contributed by atoms with Crippen LogP contribution in [0, 0.1) is 6.92 Å². The van der Waals surface area contributed by atoms with Gasteiger partial charge in [-0.15, -0.1) is 0 Å². The zero-order valence-electron chi connectivity index (χ0n) is 14.9. The van der Waals surface area contributed by atoms with E-state index in [1.165, 1.54) is 6.07 Å². The highest BCUT2D eigenvalue weighted by atomic mass is 16.6. The number of para-hydroxylation sites is 1. The van der Waals surface area contributed by atoms with Gasteiger partial charge >= 0.3 is 5.97 Å². The van der Waals surface area contributed by atoms with Gasteiger partial charge < -0.3 is 23.7 Å². The van der Waals surface area contributed by atoms with E-state index < -0.39 is 18.5 Å². The molecule has 0 atom stereocenters. The average Bonchev–Trinajstić information content (AvgIpc) is 3.27. The number of esters is 1. The van der Waals surface area contributed by atoms with E-state index in [1.54, 1.807) is 19.1 Å². The molecule has 0 unspecified atom stereocenters. The number of nitrogens with zero attached hydrogens (tertiary/aromatic N) is 1. The van der Waals surface area contributed by atoms with Crippen LogP contribution < -0.4 is 10.1 Å². The van der Waals surface area contributed by atoms with Gasteiger partial charge in [-0.1, -0.05) is 18.2 Å². The number of ether oxygens (including phenoxy) is 2. The molecule has 8 nitrogen and oxygen atoms in total. The Morgan fingerprint density at radius 2 is 1.86 bits per heavy atom. The Hall–Kier alpha value is -3.81. The number of amides is 1. The molecule has 1 N–H and O–H groups in total. The van der Waals surface area contributed by atoms with Gasteiger partial charge in [0.05, 0.1) is 0 Å². The van der Waals surface area contributed by atoms with E-state index in [4.69, 9.17) is 18.4 Å². The lowest BCUT2D eigenvalue weighted by molar-refractivity contribution is -0.149. The molecule has 0 fully saturated rings. The molecule has 0 saturated heterocycles. The van der Waals surface area contributed by atoms with Crippen LogP contribution in [-0.2, 0) is 14.3 Å². The molecule has 142 valence electrons. The molecule has 0 spiro atoms. The summed E-state index contributed by atoms with van der Waals surface area (Å²) in [6.07, 6.45) is 0. The molecule has 4 rings (SSSR count). The number of rotatable bonds is 6. The first-order chi connectivity index (χ1) is 13.6. The zero-order valence-corrected chi connectivity index (χ0v) is 14.9. The molecule has 0 saturated carbocycles. The highest BCUT2D eigenvalue weighted by molar-refractivity contribution is 6.07. The Morgan fingerprint density at radius 1 is 1.04 bits per heavy atom. The predicted octanol–water partition coefficient (Wildman–Crippen LogP) is 3.44. The second-order valence-electron chi connectivity index (χ2n) is 6.08. The number of hydrogen-bond donors (Lipinski definition) is 1. The SMILES string of the molecule is Cc1cc(OCC(=O)OCC(=O)Nc2ccc3oc4ccccc4c3c2)no1. The Morgan fingerprint density at radius 3 is 2.68 bits per heavy atom. The zero-order chi connectivity index (χ0) is 19.5. The summed E-state index contributed by atoms with van der Waals surface area (Å²) in [6, 6.07) is 14.5. The molecule has 2 aromatic heterocycles. The van der Waals surface area contributed by atoms with E-state index in [0.717, 1.165) is 21.9 Å². The van der Waals surface area contributed by atoms with Gasteiger partial charge in [-0.25, -0.2) is 4.79 Å². The molecule has 0 aliphatic carbocycles. The predicted molar refractivity (Wildman–Crippen MR) is 100 cm³/mol. The van der Waals surface area contributed by atoms with Crippen molar-refractivity contribution < 1.29 is 28.0 Å². The number of carbonyl (C=O) groups excluding carboxylic acids is 2. The second kappa shape index (κ2) is 7.43. The minimum Gasteiger partial charge on any atom is -0.463 e. The molecule has 4 aromatic rings. The van der Waals surface area contributed by atoms with Crippen molar-refractivity contribution in [1.82, 2.24) is 5.16 Å². The standard InChI is InChI=1S/C20H16N2O6/c1-12-8-19(22-28-12)25-11-20(24)26-10-18(23)21-13-6-7-17-15(9-13)14-4-2-3-5-16(14)27-17/h2-9H,10-11H2,1H3,(H,21,23). The molecule has 28 heavy (non-hydrogen) atoms. The van der Waals surface area contributed by atoms with Crippen molar-refractivity contribution in [2.45, 2.75) is 6.92 Å². The number of nitrogens with one attached hydrogen (secondary N) is 1. The maximum absolute atomic E-state index is 12.1. The van der Waals surface area contributed by atoms with E-state index in [-0.39, 0.29) is 12.5 Å². The van der Waals surface area contributed by atoms with Crippen LogP contribution in [0.3, 0.4) is 0 Å². The molecule has 0 aliphatic rings. The Bertz CT molecular complexity index is 1160. The summed E-state index contributed by atoms with van der Waals surface area (Å²) >= 11 is 0. The molecule has 0 aliphatic heterocycles. The number of benzene rings is 2. The summed E-state index contributed by atoms with van der Waals surface area (Å²) in [6.45, 7) is 0.905.